The Morgan fingerprint density at radius 3 is 3.00 bits per heavy atom. The van der Waals surface area contributed by atoms with Crippen LogP contribution in [0.2, 0.25) is 0 Å². The zero-order valence-corrected chi connectivity index (χ0v) is 13.3. The number of hydrogen-bond donors (Lipinski definition) is 2. The van der Waals surface area contributed by atoms with E-state index >= 15 is 0 Å². The van der Waals surface area contributed by atoms with Crippen LogP contribution in [0.4, 0.5) is 0 Å². The summed E-state index contributed by atoms with van der Waals surface area (Å²) in [5, 5.41) is 17.5. The van der Waals surface area contributed by atoms with E-state index in [1.165, 1.54) is 19.3 Å². The number of rotatable bonds is 8. The summed E-state index contributed by atoms with van der Waals surface area (Å²) >= 11 is 0. The second kappa shape index (κ2) is 8.51. The minimum Gasteiger partial charge on any atom is -0.389 e. The van der Waals surface area contributed by atoms with E-state index in [2.05, 4.69) is 17.3 Å². The van der Waals surface area contributed by atoms with Crippen LogP contribution in [0.5, 0.6) is 0 Å². The maximum absolute atomic E-state index is 9.96. The largest absolute Gasteiger partial charge is 0.389 e. The Kier molecular flexibility index (Phi) is 6.67. The first kappa shape index (κ1) is 16.5. The summed E-state index contributed by atoms with van der Waals surface area (Å²) in [5.41, 5.74) is 1.08. The van der Waals surface area contributed by atoms with Crippen molar-refractivity contribution in [2.75, 3.05) is 19.7 Å². The third-order valence-electron chi connectivity index (χ3n) is 4.24. The molecule has 0 aliphatic heterocycles. The summed E-state index contributed by atoms with van der Waals surface area (Å²) in [6.07, 6.45) is 7.71. The van der Waals surface area contributed by atoms with Crippen LogP contribution in [0.1, 0.15) is 38.3 Å². The molecule has 1 saturated carbocycles. The standard InChI is InChI=1S/C16H29N3O2/c1-13-5-3-4-6-16(13)21-12-15(20)11-17-9-7-14-8-10-19(2)18-14/h8,10,13,15-17,20H,3-7,9,11-12H2,1-2H3. The molecule has 1 heterocycles. The van der Waals surface area contributed by atoms with E-state index in [0.717, 1.165) is 25.1 Å². The molecule has 1 aliphatic rings. The van der Waals surface area contributed by atoms with Crippen LogP contribution in [0.25, 0.3) is 0 Å². The molecule has 0 saturated heterocycles. The van der Waals surface area contributed by atoms with Gasteiger partial charge in [-0.25, -0.2) is 0 Å². The molecule has 0 spiro atoms. The van der Waals surface area contributed by atoms with E-state index in [-0.39, 0.29) is 0 Å². The molecule has 1 fully saturated rings. The SMILES string of the molecule is CC1CCCCC1OCC(O)CNCCc1ccn(C)n1. The molecule has 2 rings (SSSR count). The Hall–Kier alpha value is -0.910. The van der Waals surface area contributed by atoms with Gasteiger partial charge in [-0.05, 0) is 24.8 Å². The van der Waals surface area contributed by atoms with Crippen LogP contribution < -0.4 is 5.32 Å². The van der Waals surface area contributed by atoms with Gasteiger partial charge in [0.1, 0.15) is 0 Å². The second-order valence-corrected chi connectivity index (χ2v) is 6.22. The van der Waals surface area contributed by atoms with Crippen molar-refractivity contribution in [2.45, 2.75) is 51.2 Å². The van der Waals surface area contributed by atoms with Crippen molar-refractivity contribution in [3.05, 3.63) is 18.0 Å². The van der Waals surface area contributed by atoms with Gasteiger partial charge < -0.3 is 15.2 Å². The van der Waals surface area contributed by atoms with Gasteiger partial charge in [0.2, 0.25) is 0 Å². The van der Waals surface area contributed by atoms with Gasteiger partial charge >= 0.3 is 0 Å². The summed E-state index contributed by atoms with van der Waals surface area (Å²) in [5.74, 6) is 0.628. The Morgan fingerprint density at radius 2 is 2.29 bits per heavy atom. The van der Waals surface area contributed by atoms with Crippen LogP contribution >= 0.6 is 0 Å². The molecule has 5 heteroatoms. The van der Waals surface area contributed by atoms with E-state index in [1.807, 2.05) is 24.0 Å². The lowest BCUT2D eigenvalue weighted by Crippen LogP contribution is -2.35. The van der Waals surface area contributed by atoms with E-state index in [1.54, 1.807) is 0 Å². The first-order valence-corrected chi connectivity index (χ1v) is 8.14. The minimum atomic E-state index is -0.428. The average Bonchev–Trinajstić information content (AvgIpc) is 2.88. The fraction of sp³-hybridized carbons (Fsp3) is 0.812. The number of aliphatic hydroxyl groups excluding tert-OH is 1. The minimum absolute atomic E-state index is 0.335. The topological polar surface area (TPSA) is 59.3 Å². The van der Waals surface area contributed by atoms with Gasteiger partial charge in [-0.2, -0.15) is 5.10 Å². The lowest BCUT2D eigenvalue weighted by atomic mass is 9.88. The smallest absolute Gasteiger partial charge is 0.0897 e. The molecule has 0 bridgehead atoms. The summed E-state index contributed by atoms with van der Waals surface area (Å²) in [7, 11) is 1.92. The highest BCUT2D eigenvalue weighted by Crippen LogP contribution is 2.26. The second-order valence-electron chi connectivity index (χ2n) is 6.22. The van der Waals surface area contributed by atoms with Crippen molar-refractivity contribution in [1.82, 2.24) is 15.1 Å². The maximum atomic E-state index is 9.96. The molecular formula is C16H29N3O2. The highest BCUT2D eigenvalue weighted by molar-refractivity contribution is 4.98. The number of aryl methyl sites for hydroxylation is 1. The van der Waals surface area contributed by atoms with Crippen molar-refractivity contribution in [1.29, 1.82) is 0 Å². The fourth-order valence-corrected chi connectivity index (χ4v) is 2.91. The molecule has 3 unspecified atom stereocenters. The number of nitrogens with one attached hydrogen (secondary N) is 1. The highest BCUT2D eigenvalue weighted by Gasteiger charge is 2.22. The van der Waals surface area contributed by atoms with Crippen LogP contribution in [0.15, 0.2) is 12.3 Å². The summed E-state index contributed by atoms with van der Waals surface area (Å²) < 4.78 is 7.68. The normalized spacial score (nSPS) is 24.1. The molecule has 3 atom stereocenters. The summed E-state index contributed by atoms with van der Waals surface area (Å²) in [4.78, 5) is 0. The molecule has 21 heavy (non-hydrogen) atoms. The highest BCUT2D eigenvalue weighted by atomic mass is 16.5. The van der Waals surface area contributed by atoms with Crippen molar-refractivity contribution in [3.63, 3.8) is 0 Å². The Balaban J connectivity index is 1.54. The molecular weight excluding hydrogens is 266 g/mol. The molecule has 1 aromatic heterocycles. The monoisotopic (exact) mass is 295 g/mol. The van der Waals surface area contributed by atoms with Gasteiger partial charge in [0.15, 0.2) is 0 Å². The lowest BCUT2D eigenvalue weighted by Gasteiger charge is -2.29. The first-order valence-electron chi connectivity index (χ1n) is 8.14. The summed E-state index contributed by atoms with van der Waals surface area (Å²) in [6, 6.07) is 2.02. The lowest BCUT2D eigenvalue weighted by molar-refractivity contribution is -0.0450. The fourth-order valence-electron chi connectivity index (χ4n) is 2.91. The Bertz CT molecular complexity index is 408. The molecule has 120 valence electrons. The predicted molar refractivity (Wildman–Crippen MR) is 83.2 cm³/mol. The molecule has 2 N–H and O–H groups in total. The van der Waals surface area contributed by atoms with E-state index in [4.69, 9.17) is 4.74 Å². The quantitative estimate of drug-likeness (QED) is 0.714. The molecule has 0 radical (unpaired) electrons. The molecule has 0 aromatic carbocycles. The van der Waals surface area contributed by atoms with Crippen molar-refractivity contribution >= 4 is 0 Å². The van der Waals surface area contributed by atoms with Gasteiger partial charge in [0.05, 0.1) is 24.5 Å². The molecule has 1 aromatic rings. The number of hydrogen-bond acceptors (Lipinski definition) is 4. The first-order chi connectivity index (χ1) is 10.1. The van der Waals surface area contributed by atoms with Crippen LogP contribution in [-0.4, -0.2) is 46.8 Å². The van der Waals surface area contributed by atoms with Crippen LogP contribution in [0.3, 0.4) is 0 Å². The summed E-state index contributed by atoms with van der Waals surface area (Å²) in [6.45, 7) is 4.09. The zero-order chi connectivity index (χ0) is 15.1. The number of aromatic nitrogens is 2. The molecule has 0 amide bonds. The van der Waals surface area contributed by atoms with Gasteiger partial charge in [0, 0.05) is 32.8 Å². The van der Waals surface area contributed by atoms with Gasteiger partial charge in [-0.1, -0.05) is 19.8 Å². The maximum Gasteiger partial charge on any atom is 0.0897 e. The third kappa shape index (κ3) is 5.77. The van der Waals surface area contributed by atoms with E-state index in [9.17, 15) is 5.11 Å². The Morgan fingerprint density at radius 1 is 1.48 bits per heavy atom. The Labute approximate surface area is 127 Å². The predicted octanol–water partition coefficient (Wildman–Crippen LogP) is 1.51. The molecule has 1 aliphatic carbocycles. The van der Waals surface area contributed by atoms with Crippen LogP contribution in [0, 0.1) is 5.92 Å². The van der Waals surface area contributed by atoms with E-state index in [0.29, 0.717) is 25.2 Å². The number of nitrogens with zero attached hydrogens (tertiary/aromatic N) is 2. The van der Waals surface area contributed by atoms with Gasteiger partial charge in [-0.15, -0.1) is 0 Å². The van der Waals surface area contributed by atoms with Crippen molar-refractivity contribution in [2.24, 2.45) is 13.0 Å². The zero-order valence-electron chi connectivity index (χ0n) is 13.3. The van der Waals surface area contributed by atoms with Gasteiger partial charge in [0.25, 0.3) is 0 Å². The van der Waals surface area contributed by atoms with Gasteiger partial charge in [-0.3, -0.25) is 4.68 Å². The third-order valence-corrected chi connectivity index (χ3v) is 4.24. The average molecular weight is 295 g/mol. The van der Waals surface area contributed by atoms with Crippen molar-refractivity contribution in [3.8, 4) is 0 Å². The number of ether oxygens (including phenoxy) is 1. The van der Waals surface area contributed by atoms with Crippen LogP contribution in [-0.2, 0) is 18.2 Å². The van der Waals surface area contributed by atoms with Crippen molar-refractivity contribution < 1.29 is 9.84 Å². The van der Waals surface area contributed by atoms with E-state index < -0.39 is 6.10 Å². The number of aliphatic hydroxyl groups is 1. The molecule has 5 nitrogen and oxygen atoms in total.